The van der Waals surface area contributed by atoms with Crippen LogP contribution in [0.2, 0.25) is 0 Å². The lowest BCUT2D eigenvalue weighted by Crippen LogP contribution is -2.20. The molecule has 0 bridgehead atoms. The molecule has 1 aliphatic rings. The molecule has 0 unspecified atom stereocenters. The first-order valence-corrected chi connectivity index (χ1v) is 12.2. The van der Waals surface area contributed by atoms with Crippen molar-refractivity contribution >= 4 is 33.5 Å². The van der Waals surface area contributed by atoms with Gasteiger partial charge in [0.1, 0.15) is 17.4 Å². The summed E-state index contributed by atoms with van der Waals surface area (Å²) < 4.78 is 32.7. The molecule has 30 heavy (non-hydrogen) atoms. The standard InChI is InChI=1S/C22H23F2NO3S2/c1-25-22(27)18-12-14(17-8-7-15(23)13-19(17)24)6-9-20(18)28-21(26)5-3-2-4-16-10-11-29-30-16/h6-9,12-13,16H,2-5,10-11H2,1H3,(H,25,27)/t16-/m1/s1. The smallest absolute Gasteiger partial charge is 0.311 e. The van der Waals surface area contributed by atoms with Crippen LogP contribution in [-0.2, 0) is 4.79 Å². The van der Waals surface area contributed by atoms with E-state index in [0.29, 0.717) is 10.8 Å². The molecular formula is C22H23F2NO3S2. The number of halogens is 2. The average molecular weight is 452 g/mol. The molecule has 1 fully saturated rings. The van der Waals surface area contributed by atoms with Gasteiger partial charge in [-0.1, -0.05) is 34.1 Å². The Morgan fingerprint density at radius 1 is 1.17 bits per heavy atom. The molecule has 8 heteroatoms. The SMILES string of the molecule is CNC(=O)c1cc(-c2ccc(F)cc2F)ccc1OC(=O)CCCC[C@@H]1CCSS1. The lowest BCUT2D eigenvalue weighted by Gasteiger charge is -2.12. The van der Waals surface area contributed by atoms with E-state index in [1.165, 1.54) is 37.4 Å². The largest absolute Gasteiger partial charge is 0.426 e. The van der Waals surface area contributed by atoms with E-state index < -0.39 is 23.5 Å². The number of benzene rings is 2. The van der Waals surface area contributed by atoms with Gasteiger partial charge in [-0.15, -0.1) is 0 Å². The number of rotatable bonds is 8. The molecule has 0 aromatic heterocycles. The minimum absolute atomic E-state index is 0.117. The first-order chi connectivity index (χ1) is 14.5. The molecule has 1 atom stereocenters. The molecule has 0 saturated carbocycles. The van der Waals surface area contributed by atoms with Gasteiger partial charge in [0.15, 0.2) is 0 Å². The van der Waals surface area contributed by atoms with Gasteiger partial charge in [-0.25, -0.2) is 8.78 Å². The second kappa shape index (κ2) is 10.8. The van der Waals surface area contributed by atoms with Crippen LogP contribution in [0.1, 0.15) is 42.5 Å². The zero-order chi connectivity index (χ0) is 21.5. The highest BCUT2D eigenvalue weighted by atomic mass is 33.1. The predicted molar refractivity (Wildman–Crippen MR) is 118 cm³/mol. The van der Waals surface area contributed by atoms with Crippen molar-refractivity contribution in [1.29, 1.82) is 0 Å². The van der Waals surface area contributed by atoms with Crippen molar-refractivity contribution in [3.05, 3.63) is 53.6 Å². The maximum Gasteiger partial charge on any atom is 0.311 e. The summed E-state index contributed by atoms with van der Waals surface area (Å²) >= 11 is 0. The summed E-state index contributed by atoms with van der Waals surface area (Å²) in [5, 5.41) is 3.16. The van der Waals surface area contributed by atoms with Crippen molar-refractivity contribution in [3.63, 3.8) is 0 Å². The number of nitrogens with one attached hydrogen (secondary N) is 1. The van der Waals surface area contributed by atoms with Gasteiger partial charge < -0.3 is 10.1 Å². The Bertz CT molecular complexity index is 917. The molecular weight excluding hydrogens is 428 g/mol. The molecule has 0 aliphatic carbocycles. The van der Waals surface area contributed by atoms with Gasteiger partial charge in [0.2, 0.25) is 0 Å². The summed E-state index contributed by atoms with van der Waals surface area (Å²) in [6.45, 7) is 0. The number of carbonyl (C=O) groups excluding carboxylic acids is 2. The van der Waals surface area contributed by atoms with Gasteiger partial charge in [-0.05, 0) is 49.1 Å². The average Bonchev–Trinajstić information content (AvgIpc) is 3.25. The maximum absolute atomic E-state index is 14.1. The highest BCUT2D eigenvalue weighted by Gasteiger charge is 2.18. The first kappa shape index (κ1) is 22.6. The second-order valence-electron chi connectivity index (χ2n) is 6.96. The summed E-state index contributed by atoms with van der Waals surface area (Å²) in [4.78, 5) is 24.5. The van der Waals surface area contributed by atoms with Crippen molar-refractivity contribution in [2.24, 2.45) is 0 Å². The zero-order valence-corrected chi connectivity index (χ0v) is 18.2. The highest BCUT2D eigenvalue weighted by Crippen LogP contribution is 2.40. The van der Waals surface area contributed by atoms with Gasteiger partial charge in [0.25, 0.3) is 5.91 Å². The predicted octanol–water partition coefficient (Wildman–Crippen LogP) is 5.61. The van der Waals surface area contributed by atoms with E-state index in [1.807, 2.05) is 21.6 Å². The third-order valence-corrected chi connectivity index (χ3v) is 7.81. The third-order valence-electron chi connectivity index (χ3n) is 4.80. The van der Waals surface area contributed by atoms with E-state index in [9.17, 15) is 18.4 Å². The first-order valence-electron chi connectivity index (χ1n) is 9.78. The van der Waals surface area contributed by atoms with Crippen LogP contribution in [0.5, 0.6) is 5.75 Å². The second-order valence-corrected chi connectivity index (χ2v) is 9.75. The minimum atomic E-state index is -0.735. The van der Waals surface area contributed by atoms with Crippen LogP contribution < -0.4 is 10.1 Å². The number of carbonyl (C=O) groups is 2. The van der Waals surface area contributed by atoms with Crippen molar-refractivity contribution in [2.45, 2.75) is 37.4 Å². The van der Waals surface area contributed by atoms with Crippen LogP contribution in [-0.4, -0.2) is 29.9 Å². The van der Waals surface area contributed by atoms with Crippen LogP contribution in [0.3, 0.4) is 0 Å². The maximum atomic E-state index is 14.1. The summed E-state index contributed by atoms with van der Waals surface area (Å²) in [6, 6.07) is 7.68. The molecule has 0 spiro atoms. The molecule has 1 heterocycles. The van der Waals surface area contributed by atoms with E-state index in [4.69, 9.17) is 4.74 Å². The van der Waals surface area contributed by atoms with Crippen molar-refractivity contribution in [1.82, 2.24) is 5.32 Å². The monoisotopic (exact) mass is 451 g/mol. The van der Waals surface area contributed by atoms with Crippen LogP contribution in [0.15, 0.2) is 36.4 Å². The number of amides is 1. The molecule has 3 rings (SSSR count). The number of ether oxygens (including phenoxy) is 1. The Kier molecular flexibility index (Phi) is 8.16. The van der Waals surface area contributed by atoms with Crippen molar-refractivity contribution in [2.75, 3.05) is 12.8 Å². The highest BCUT2D eigenvalue weighted by molar-refractivity contribution is 8.77. The van der Waals surface area contributed by atoms with Crippen LogP contribution in [0.4, 0.5) is 8.78 Å². The Morgan fingerprint density at radius 2 is 2.00 bits per heavy atom. The minimum Gasteiger partial charge on any atom is -0.426 e. The Morgan fingerprint density at radius 3 is 2.70 bits per heavy atom. The fraction of sp³-hybridized carbons (Fsp3) is 0.364. The molecule has 1 N–H and O–H groups in total. The van der Waals surface area contributed by atoms with Gasteiger partial charge in [0.05, 0.1) is 5.56 Å². The van der Waals surface area contributed by atoms with Gasteiger partial charge >= 0.3 is 5.97 Å². The summed E-state index contributed by atoms with van der Waals surface area (Å²) in [5.74, 6) is -0.974. The van der Waals surface area contributed by atoms with E-state index in [1.54, 1.807) is 6.07 Å². The zero-order valence-electron chi connectivity index (χ0n) is 16.6. The Labute approximate surface area is 182 Å². The van der Waals surface area contributed by atoms with Crippen molar-refractivity contribution < 1.29 is 23.1 Å². The summed E-state index contributed by atoms with van der Waals surface area (Å²) in [7, 11) is 5.28. The topological polar surface area (TPSA) is 55.4 Å². The lowest BCUT2D eigenvalue weighted by atomic mass is 10.0. The number of esters is 1. The van der Waals surface area contributed by atoms with E-state index in [0.717, 1.165) is 31.4 Å². The van der Waals surface area contributed by atoms with Gasteiger partial charge in [-0.3, -0.25) is 9.59 Å². The van der Waals surface area contributed by atoms with Gasteiger partial charge in [0, 0.05) is 36.1 Å². The molecule has 0 radical (unpaired) electrons. The van der Waals surface area contributed by atoms with Crippen LogP contribution in [0, 0.1) is 11.6 Å². The lowest BCUT2D eigenvalue weighted by molar-refractivity contribution is -0.134. The summed E-state index contributed by atoms with van der Waals surface area (Å²) in [6.07, 6.45) is 4.27. The fourth-order valence-corrected chi connectivity index (χ4v) is 6.23. The Balaban J connectivity index is 1.67. The van der Waals surface area contributed by atoms with E-state index in [2.05, 4.69) is 5.32 Å². The normalized spacial score (nSPS) is 15.8. The molecule has 2 aromatic rings. The van der Waals surface area contributed by atoms with E-state index in [-0.39, 0.29) is 23.3 Å². The number of hydrogen-bond donors (Lipinski definition) is 1. The van der Waals surface area contributed by atoms with Crippen molar-refractivity contribution in [3.8, 4) is 16.9 Å². The number of hydrogen-bond acceptors (Lipinski definition) is 5. The molecule has 1 amide bonds. The van der Waals surface area contributed by atoms with Crippen LogP contribution >= 0.6 is 21.6 Å². The summed E-state index contributed by atoms with van der Waals surface area (Å²) in [5.41, 5.74) is 0.659. The molecule has 2 aromatic carbocycles. The molecule has 160 valence electrons. The molecule has 1 saturated heterocycles. The molecule has 1 aliphatic heterocycles. The Hall–Kier alpha value is -2.06. The third kappa shape index (κ3) is 5.98. The molecule has 4 nitrogen and oxygen atoms in total. The van der Waals surface area contributed by atoms with E-state index >= 15 is 0 Å². The number of unbranched alkanes of at least 4 members (excludes halogenated alkanes) is 1. The quantitative estimate of drug-likeness (QED) is 0.245. The van der Waals surface area contributed by atoms with Crippen LogP contribution in [0.25, 0.3) is 11.1 Å². The fourth-order valence-electron chi connectivity index (χ4n) is 3.20. The van der Waals surface area contributed by atoms with Gasteiger partial charge in [-0.2, -0.15) is 0 Å².